The molecule has 0 saturated heterocycles. The molecule has 3 aliphatic rings. The van der Waals surface area contributed by atoms with E-state index in [1.54, 1.807) is 0 Å². The van der Waals surface area contributed by atoms with Gasteiger partial charge in [-0.1, -0.05) is 117 Å². The van der Waals surface area contributed by atoms with E-state index in [4.69, 9.17) is 9.47 Å². The van der Waals surface area contributed by atoms with Crippen molar-refractivity contribution in [2.24, 2.45) is 0 Å². The fourth-order valence-corrected chi connectivity index (χ4v) is 9.05. The lowest BCUT2D eigenvalue weighted by Crippen LogP contribution is -2.59. The van der Waals surface area contributed by atoms with Gasteiger partial charge in [0, 0.05) is 62.8 Å². The zero-order chi connectivity index (χ0) is 36.0. The third-order valence-corrected chi connectivity index (χ3v) is 11.5. The summed E-state index contributed by atoms with van der Waals surface area (Å²) in [6.07, 6.45) is 0. The van der Waals surface area contributed by atoms with Gasteiger partial charge in [0.2, 0.25) is 0 Å². The van der Waals surface area contributed by atoms with Crippen LogP contribution in [0.25, 0.3) is 10.8 Å². The Hall–Kier alpha value is -6.72. The largest absolute Gasteiger partial charge is 0.458 e. The Morgan fingerprint density at radius 3 is 1.98 bits per heavy atom. The maximum atomic E-state index is 6.98. The quantitative estimate of drug-likeness (QED) is 0.171. The van der Waals surface area contributed by atoms with E-state index < -0.39 is 0 Å². The number of nitrogens with zero attached hydrogens (tertiary/aromatic N) is 2. The molecule has 0 radical (unpaired) electrons. The molecule has 0 aliphatic carbocycles. The number of fused-ring (bicyclic) bond motifs is 8. The van der Waals surface area contributed by atoms with Crippen molar-refractivity contribution in [3.05, 3.63) is 187 Å². The highest BCUT2D eigenvalue weighted by atomic mass is 16.5. The van der Waals surface area contributed by atoms with E-state index in [2.05, 4.69) is 194 Å². The summed E-state index contributed by atoms with van der Waals surface area (Å²) in [5, 5.41) is 2.48. The molecule has 0 spiro atoms. The van der Waals surface area contributed by atoms with Crippen LogP contribution in [0.15, 0.2) is 176 Å². The van der Waals surface area contributed by atoms with Gasteiger partial charge in [-0.3, -0.25) is 0 Å². The lowest BCUT2D eigenvalue weighted by Gasteiger charge is -2.40. The molecule has 0 atom stereocenters. The van der Waals surface area contributed by atoms with E-state index >= 15 is 0 Å². The molecule has 3 aliphatic heterocycles. The van der Waals surface area contributed by atoms with Crippen LogP contribution in [0.5, 0.6) is 23.0 Å². The van der Waals surface area contributed by atoms with Gasteiger partial charge in [-0.2, -0.15) is 0 Å². The molecule has 54 heavy (non-hydrogen) atoms. The molecule has 0 unspecified atom stereocenters. The fraction of sp³-hybridized carbons (Fsp3) is 0.0612. The number of anilines is 6. The molecule has 0 amide bonds. The van der Waals surface area contributed by atoms with Crippen LogP contribution >= 0.6 is 0 Å². The van der Waals surface area contributed by atoms with Crippen LogP contribution < -0.4 is 35.7 Å². The van der Waals surface area contributed by atoms with Crippen molar-refractivity contribution in [2.45, 2.75) is 19.3 Å². The average molecular weight is 695 g/mol. The number of benzene rings is 8. The Kier molecular flexibility index (Phi) is 6.66. The third kappa shape index (κ3) is 4.51. The second kappa shape index (κ2) is 11.6. The Labute approximate surface area is 315 Å². The van der Waals surface area contributed by atoms with Gasteiger partial charge in [0.25, 0.3) is 6.71 Å². The van der Waals surface area contributed by atoms with E-state index in [0.29, 0.717) is 0 Å². The second-order valence-electron chi connectivity index (χ2n) is 14.9. The van der Waals surface area contributed by atoms with Gasteiger partial charge in [0.1, 0.15) is 23.0 Å². The van der Waals surface area contributed by atoms with Crippen LogP contribution in [-0.2, 0) is 5.41 Å². The standard InChI is InChI=1S/C49H35BN2O2/c1-49(2)38-20-11-12-22-43(38)53-45-30-35(25-27-39(45)49)51(33-15-5-3-6-16-33)36-26-28-40-46(31-36)54-44-23-13-21-41-48(44)50(40)47-37-19-10-9-14-32(37)24-29-42(47)52(41)34-17-7-4-8-18-34/h3-31H,1-2H3. The maximum Gasteiger partial charge on any atom is 0.257 e. The number of ether oxygens (including phenoxy) is 2. The van der Waals surface area contributed by atoms with Gasteiger partial charge < -0.3 is 19.3 Å². The van der Waals surface area contributed by atoms with Gasteiger partial charge in [0.15, 0.2) is 0 Å². The lowest BCUT2D eigenvalue weighted by molar-refractivity contribution is 0.418. The maximum absolute atomic E-state index is 6.98. The van der Waals surface area contributed by atoms with Crippen LogP contribution in [0.3, 0.4) is 0 Å². The van der Waals surface area contributed by atoms with Crippen LogP contribution in [-0.4, -0.2) is 6.71 Å². The molecule has 0 aromatic heterocycles. The zero-order valence-electron chi connectivity index (χ0n) is 30.0. The van der Waals surface area contributed by atoms with Crippen molar-refractivity contribution >= 4 is 68.0 Å². The average Bonchev–Trinajstić information content (AvgIpc) is 3.21. The summed E-state index contributed by atoms with van der Waals surface area (Å²) in [4.78, 5) is 4.70. The van der Waals surface area contributed by atoms with Crippen LogP contribution in [0, 0.1) is 0 Å². The zero-order valence-corrected chi connectivity index (χ0v) is 30.0. The highest BCUT2D eigenvalue weighted by Crippen LogP contribution is 2.50. The summed E-state index contributed by atoms with van der Waals surface area (Å²) in [5.41, 5.74) is 12.4. The molecule has 0 bridgehead atoms. The fourth-order valence-electron chi connectivity index (χ4n) is 9.05. The molecule has 8 aromatic rings. The first-order valence-electron chi connectivity index (χ1n) is 18.6. The van der Waals surface area contributed by atoms with E-state index in [1.165, 1.54) is 38.5 Å². The molecule has 11 rings (SSSR count). The first kappa shape index (κ1) is 30.9. The van der Waals surface area contributed by atoms with Crippen molar-refractivity contribution in [1.82, 2.24) is 0 Å². The van der Waals surface area contributed by atoms with Crippen LogP contribution in [0.2, 0.25) is 0 Å². The third-order valence-electron chi connectivity index (χ3n) is 11.5. The molecule has 5 heteroatoms. The van der Waals surface area contributed by atoms with Crippen LogP contribution in [0.4, 0.5) is 34.1 Å². The topological polar surface area (TPSA) is 24.9 Å². The van der Waals surface area contributed by atoms with E-state index in [-0.39, 0.29) is 12.1 Å². The molecule has 0 saturated carbocycles. The Morgan fingerprint density at radius 1 is 0.481 bits per heavy atom. The minimum atomic E-state index is -0.192. The first-order valence-corrected chi connectivity index (χ1v) is 18.6. The summed E-state index contributed by atoms with van der Waals surface area (Å²) >= 11 is 0. The summed E-state index contributed by atoms with van der Waals surface area (Å²) in [6, 6.07) is 62.7. The summed E-state index contributed by atoms with van der Waals surface area (Å²) in [7, 11) is 0. The van der Waals surface area contributed by atoms with Gasteiger partial charge >= 0.3 is 0 Å². The van der Waals surface area contributed by atoms with Crippen molar-refractivity contribution in [1.29, 1.82) is 0 Å². The van der Waals surface area contributed by atoms with E-state index in [0.717, 1.165) is 56.9 Å². The van der Waals surface area contributed by atoms with Gasteiger partial charge in [0.05, 0.1) is 0 Å². The molecule has 0 N–H and O–H groups in total. The predicted octanol–water partition coefficient (Wildman–Crippen LogP) is 11.1. The lowest BCUT2D eigenvalue weighted by atomic mass is 9.33. The number of hydrogen-bond acceptors (Lipinski definition) is 4. The minimum Gasteiger partial charge on any atom is -0.458 e. The smallest absolute Gasteiger partial charge is 0.257 e. The highest BCUT2D eigenvalue weighted by Gasteiger charge is 2.43. The Morgan fingerprint density at radius 2 is 1.13 bits per heavy atom. The molecular weight excluding hydrogens is 659 g/mol. The minimum absolute atomic E-state index is 0.0142. The van der Waals surface area contributed by atoms with Crippen molar-refractivity contribution in [3.63, 3.8) is 0 Å². The first-order chi connectivity index (χ1) is 26.5. The highest BCUT2D eigenvalue weighted by molar-refractivity contribution is 7.00. The summed E-state index contributed by atoms with van der Waals surface area (Å²) in [6.45, 7) is 4.54. The van der Waals surface area contributed by atoms with Crippen molar-refractivity contribution in [3.8, 4) is 23.0 Å². The molecule has 0 fully saturated rings. The molecule has 256 valence electrons. The molecular formula is C49H35BN2O2. The second-order valence-corrected chi connectivity index (χ2v) is 14.9. The predicted molar refractivity (Wildman–Crippen MR) is 223 cm³/mol. The summed E-state index contributed by atoms with van der Waals surface area (Å²) in [5.74, 6) is 3.53. The number of rotatable bonds is 4. The van der Waals surface area contributed by atoms with Gasteiger partial charge in [-0.25, -0.2) is 0 Å². The van der Waals surface area contributed by atoms with Gasteiger partial charge in [-0.15, -0.1) is 0 Å². The summed E-state index contributed by atoms with van der Waals surface area (Å²) < 4.78 is 13.6. The molecule has 4 nitrogen and oxygen atoms in total. The van der Waals surface area contributed by atoms with Gasteiger partial charge in [-0.05, 0) is 87.8 Å². The monoisotopic (exact) mass is 694 g/mol. The molecule has 3 heterocycles. The SMILES string of the molecule is CC1(C)c2ccccc2Oc2cc(N(c3ccccc3)c3ccc4c(c3)Oc3cccc5c3B4c3c(ccc4ccccc34)N5c3ccccc3)ccc21. The Balaban J connectivity index is 1.09. The number of hydrogen-bond donors (Lipinski definition) is 0. The van der Waals surface area contributed by atoms with Crippen molar-refractivity contribution < 1.29 is 9.47 Å². The van der Waals surface area contributed by atoms with E-state index in [9.17, 15) is 0 Å². The normalized spacial score (nSPS) is 14.1. The number of para-hydroxylation sites is 3. The van der Waals surface area contributed by atoms with E-state index in [1.807, 2.05) is 6.07 Å². The van der Waals surface area contributed by atoms with Crippen LogP contribution in [0.1, 0.15) is 25.0 Å². The molecule has 8 aromatic carbocycles. The Bertz CT molecular complexity index is 2780. The van der Waals surface area contributed by atoms with Crippen molar-refractivity contribution in [2.75, 3.05) is 9.80 Å².